The third kappa shape index (κ3) is 3.31. The molecule has 3 rings (SSSR count). The Morgan fingerprint density at radius 1 is 1.29 bits per heavy atom. The molecule has 2 aromatic rings. The van der Waals surface area contributed by atoms with Crippen LogP contribution in [0.1, 0.15) is 5.56 Å². The first-order chi connectivity index (χ1) is 10.1. The van der Waals surface area contributed by atoms with Crippen LogP contribution in [0, 0.1) is 0 Å². The van der Waals surface area contributed by atoms with Gasteiger partial charge in [-0.25, -0.2) is 0 Å². The van der Waals surface area contributed by atoms with E-state index >= 15 is 0 Å². The van der Waals surface area contributed by atoms with Crippen LogP contribution in [0.25, 0.3) is 0 Å². The van der Waals surface area contributed by atoms with E-state index in [2.05, 4.69) is 26.6 Å². The highest BCUT2D eigenvalue weighted by atomic mass is 79.9. The molecule has 1 aliphatic heterocycles. The molecule has 108 valence electrons. The van der Waals surface area contributed by atoms with Crippen LogP contribution in [0.3, 0.4) is 0 Å². The lowest BCUT2D eigenvalue weighted by atomic mass is 10.2. The van der Waals surface area contributed by atoms with Crippen LogP contribution in [0.15, 0.2) is 40.9 Å². The first-order valence-corrected chi connectivity index (χ1v) is 7.53. The number of amides is 1. The molecule has 0 unspecified atom stereocenters. The van der Waals surface area contributed by atoms with Crippen LogP contribution in [0.4, 0.5) is 11.4 Å². The highest BCUT2D eigenvalue weighted by Crippen LogP contribution is 2.31. The number of fused-ring (bicyclic) bond motifs is 1. The van der Waals surface area contributed by atoms with Gasteiger partial charge in [0.15, 0.2) is 6.61 Å². The predicted molar refractivity (Wildman–Crippen MR) is 87.0 cm³/mol. The van der Waals surface area contributed by atoms with Gasteiger partial charge in [-0.2, -0.15) is 0 Å². The van der Waals surface area contributed by atoms with E-state index in [1.54, 1.807) is 0 Å². The Morgan fingerprint density at radius 3 is 3.00 bits per heavy atom. The monoisotopic (exact) mass is 366 g/mol. The van der Waals surface area contributed by atoms with Crippen molar-refractivity contribution in [3.05, 3.63) is 51.5 Å². The Morgan fingerprint density at radius 2 is 2.14 bits per heavy atom. The van der Waals surface area contributed by atoms with Crippen molar-refractivity contribution in [1.29, 1.82) is 0 Å². The first-order valence-electron chi connectivity index (χ1n) is 6.36. The molecular formula is C15H12BrClN2O2. The van der Waals surface area contributed by atoms with Crippen molar-refractivity contribution >= 4 is 44.8 Å². The highest BCUT2D eigenvalue weighted by molar-refractivity contribution is 9.10. The largest absolute Gasteiger partial charge is 0.482 e. The van der Waals surface area contributed by atoms with Gasteiger partial charge in [0, 0.05) is 21.7 Å². The molecule has 0 radical (unpaired) electrons. The Balaban J connectivity index is 1.75. The molecule has 0 saturated heterocycles. The number of benzene rings is 2. The van der Waals surface area contributed by atoms with E-state index in [-0.39, 0.29) is 12.5 Å². The van der Waals surface area contributed by atoms with Crippen LogP contribution in [-0.4, -0.2) is 12.5 Å². The summed E-state index contributed by atoms with van der Waals surface area (Å²) in [7, 11) is 0. The summed E-state index contributed by atoms with van der Waals surface area (Å²) < 4.78 is 6.32. The van der Waals surface area contributed by atoms with Crippen molar-refractivity contribution in [3.63, 3.8) is 0 Å². The predicted octanol–water partition coefficient (Wildman–Crippen LogP) is 4.05. The molecule has 0 fully saturated rings. The van der Waals surface area contributed by atoms with Crippen molar-refractivity contribution in [2.45, 2.75) is 6.54 Å². The van der Waals surface area contributed by atoms with Crippen LogP contribution in [-0.2, 0) is 11.3 Å². The molecule has 0 atom stereocenters. The van der Waals surface area contributed by atoms with Crippen molar-refractivity contribution in [2.24, 2.45) is 0 Å². The molecule has 6 heteroatoms. The van der Waals surface area contributed by atoms with Crippen molar-refractivity contribution in [2.75, 3.05) is 17.2 Å². The van der Waals surface area contributed by atoms with Crippen LogP contribution < -0.4 is 15.4 Å². The molecule has 21 heavy (non-hydrogen) atoms. The maximum absolute atomic E-state index is 11.3. The topological polar surface area (TPSA) is 50.4 Å². The van der Waals surface area contributed by atoms with Crippen molar-refractivity contribution < 1.29 is 9.53 Å². The maximum Gasteiger partial charge on any atom is 0.262 e. The van der Waals surface area contributed by atoms with Gasteiger partial charge in [0.25, 0.3) is 5.91 Å². The van der Waals surface area contributed by atoms with Gasteiger partial charge in [0.1, 0.15) is 5.75 Å². The smallest absolute Gasteiger partial charge is 0.262 e. The standard InChI is InChI=1S/C15H12BrClN2O2/c16-12-3-1-10(17)5-9(12)7-18-11-2-4-14-13(6-11)19-15(20)8-21-14/h1-6,18H,7-8H2,(H,19,20). The Hall–Kier alpha value is -1.72. The second kappa shape index (κ2) is 5.95. The van der Waals surface area contributed by atoms with Crippen molar-refractivity contribution in [1.82, 2.24) is 0 Å². The number of carbonyl (C=O) groups excluding carboxylic acids is 1. The summed E-state index contributed by atoms with van der Waals surface area (Å²) in [6, 6.07) is 11.3. The second-order valence-electron chi connectivity index (χ2n) is 4.64. The summed E-state index contributed by atoms with van der Waals surface area (Å²) in [4.78, 5) is 11.3. The summed E-state index contributed by atoms with van der Waals surface area (Å²) in [5.74, 6) is 0.543. The molecule has 0 aliphatic carbocycles. The number of rotatable bonds is 3. The van der Waals surface area contributed by atoms with Crippen LogP contribution >= 0.6 is 27.5 Å². The highest BCUT2D eigenvalue weighted by Gasteiger charge is 2.15. The van der Waals surface area contributed by atoms with Gasteiger partial charge < -0.3 is 15.4 Å². The number of carbonyl (C=O) groups is 1. The maximum atomic E-state index is 11.3. The van der Waals surface area contributed by atoms with Gasteiger partial charge in [0.05, 0.1) is 5.69 Å². The molecule has 1 heterocycles. The molecule has 2 N–H and O–H groups in total. The summed E-state index contributed by atoms with van der Waals surface area (Å²) in [5, 5.41) is 6.78. The minimum atomic E-state index is -0.141. The average Bonchev–Trinajstić information content (AvgIpc) is 2.47. The minimum absolute atomic E-state index is 0.0647. The van der Waals surface area contributed by atoms with Crippen LogP contribution in [0.2, 0.25) is 5.02 Å². The zero-order valence-corrected chi connectivity index (χ0v) is 13.3. The van der Waals surface area contributed by atoms with Gasteiger partial charge in [0.2, 0.25) is 0 Å². The molecule has 0 spiro atoms. The molecule has 0 bridgehead atoms. The van der Waals surface area contributed by atoms with E-state index in [1.807, 2.05) is 36.4 Å². The van der Waals surface area contributed by atoms with E-state index in [4.69, 9.17) is 16.3 Å². The third-order valence-corrected chi connectivity index (χ3v) is 4.11. The van der Waals surface area contributed by atoms with E-state index < -0.39 is 0 Å². The zero-order chi connectivity index (χ0) is 14.8. The minimum Gasteiger partial charge on any atom is -0.482 e. The SMILES string of the molecule is O=C1COc2ccc(NCc3cc(Cl)ccc3Br)cc2N1. The molecule has 0 saturated carbocycles. The molecule has 2 aromatic carbocycles. The Labute approximate surface area is 135 Å². The van der Waals surface area contributed by atoms with E-state index in [0.717, 1.165) is 15.7 Å². The second-order valence-corrected chi connectivity index (χ2v) is 5.93. The third-order valence-electron chi connectivity index (χ3n) is 3.10. The molecular weight excluding hydrogens is 356 g/mol. The fourth-order valence-electron chi connectivity index (χ4n) is 2.07. The number of hydrogen-bond donors (Lipinski definition) is 2. The average molecular weight is 368 g/mol. The molecule has 1 aliphatic rings. The fraction of sp³-hybridized carbons (Fsp3) is 0.133. The number of hydrogen-bond acceptors (Lipinski definition) is 3. The molecule has 0 aromatic heterocycles. The normalized spacial score (nSPS) is 13.1. The lowest BCUT2D eigenvalue weighted by Crippen LogP contribution is -2.25. The molecule has 1 amide bonds. The summed E-state index contributed by atoms with van der Waals surface area (Å²) in [5.41, 5.74) is 2.63. The summed E-state index contributed by atoms with van der Waals surface area (Å²) >= 11 is 9.49. The van der Waals surface area contributed by atoms with E-state index in [9.17, 15) is 4.79 Å². The van der Waals surface area contributed by atoms with Crippen LogP contribution in [0.5, 0.6) is 5.75 Å². The van der Waals surface area contributed by atoms with Gasteiger partial charge in [-0.05, 0) is 42.0 Å². The summed E-state index contributed by atoms with van der Waals surface area (Å²) in [6.07, 6.45) is 0. The first kappa shape index (κ1) is 14.2. The summed E-state index contributed by atoms with van der Waals surface area (Å²) in [6.45, 7) is 0.684. The fourth-order valence-corrected chi connectivity index (χ4v) is 2.65. The zero-order valence-electron chi connectivity index (χ0n) is 11.0. The number of ether oxygens (including phenoxy) is 1. The number of anilines is 2. The van der Waals surface area contributed by atoms with E-state index in [1.165, 1.54) is 0 Å². The lowest BCUT2D eigenvalue weighted by molar-refractivity contribution is -0.118. The number of halogens is 2. The van der Waals surface area contributed by atoms with Crippen molar-refractivity contribution in [3.8, 4) is 5.75 Å². The quantitative estimate of drug-likeness (QED) is 0.860. The Kier molecular flexibility index (Phi) is 4.03. The Bertz CT molecular complexity index is 706. The lowest BCUT2D eigenvalue weighted by Gasteiger charge is -2.19. The van der Waals surface area contributed by atoms with Gasteiger partial charge in [-0.1, -0.05) is 27.5 Å². The van der Waals surface area contributed by atoms with E-state index in [0.29, 0.717) is 23.0 Å². The molecule has 4 nitrogen and oxygen atoms in total. The van der Waals surface area contributed by atoms with Gasteiger partial charge in [-0.3, -0.25) is 4.79 Å². The van der Waals surface area contributed by atoms with Gasteiger partial charge >= 0.3 is 0 Å². The number of nitrogens with one attached hydrogen (secondary N) is 2. The van der Waals surface area contributed by atoms with Gasteiger partial charge in [-0.15, -0.1) is 0 Å².